The molecule has 0 saturated carbocycles. The summed E-state index contributed by atoms with van der Waals surface area (Å²) >= 11 is 6.05. The maximum atomic E-state index is 13.8. The molecule has 2 aromatic rings. The SMILES string of the molecule is CC(C)C1C(=O)N=C2c3ncc(N4CCC(O)CC4)cc3N(Cc3ccc(Cl)cc3)C(=O)N21. The summed E-state index contributed by atoms with van der Waals surface area (Å²) in [6.45, 7) is 5.57. The number of nitrogens with zero attached hydrogens (tertiary/aromatic N) is 5. The maximum absolute atomic E-state index is 13.8. The summed E-state index contributed by atoms with van der Waals surface area (Å²) in [5.74, 6) is -0.0732. The number of pyridine rings is 1. The van der Waals surface area contributed by atoms with Crippen LogP contribution in [0.4, 0.5) is 16.2 Å². The van der Waals surface area contributed by atoms with E-state index in [1.165, 1.54) is 4.90 Å². The van der Waals surface area contributed by atoms with E-state index in [1.807, 2.05) is 32.0 Å². The van der Waals surface area contributed by atoms with Gasteiger partial charge in [-0.15, -0.1) is 0 Å². The van der Waals surface area contributed by atoms with Gasteiger partial charge in [0.25, 0.3) is 5.91 Å². The Morgan fingerprint density at radius 2 is 1.85 bits per heavy atom. The number of amides is 3. The van der Waals surface area contributed by atoms with Crippen LogP contribution in [0.1, 0.15) is 37.9 Å². The van der Waals surface area contributed by atoms with Gasteiger partial charge in [-0.3, -0.25) is 14.6 Å². The second kappa shape index (κ2) is 8.43. The van der Waals surface area contributed by atoms with Gasteiger partial charge >= 0.3 is 6.03 Å². The van der Waals surface area contributed by atoms with Crippen LogP contribution < -0.4 is 9.80 Å². The summed E-state index contributed by atoms with van der Waals surface area (Å²) in [5, 5.41) is 10.5. The molecule has 0 bridgehead atoms. The molecule has 0 aliphatic carbocycles. The van der Waals surface area contributed by atoms with Gasteiger partial charge in [-0.1, -0.05) is 37.6 Å². The molecule has 3 aliphatic rings. The Balaban J connectivity index is 1.58. The minimum Gasteiger partial charge on any atom is -0.393 e. The quantitative estimate of drug-likeness (QED) is 0.743. The molecule has 8 nitrogen and oxygen atoms in total. The van der Waals surface area contributed by atoms with Crippen LogP contribution in [-0.2, 0) is 11.3 Å². The Bertz CT molecular complexity index is 1130. The van der Waals surface area contributed by atoms with Gasteiger partial charge in [0.1, 0.15) is 11.7 Å². The number of hydrogen-bond donors (Lipinski definition) is 1. The van der Waals surface area contributed by atoms with Crippen molar-refractivity contribution >= 4 is 40.7 Å². The highest BCUT2D eigenvalue weighted by atomic mass is 35.5. The van der Waals surface area contributed by atoms with Gasteiger partial charge < -0.3 is 10.0 Å². The summed E-state index contributed by atoms with van der Waals surface area (Å²) in [5.41, 5.74) is 2.96. The third-order valence-electron chi connectivity index (χ3n) is 6.48. The average Bonchev–Trinajstić information content (AvgIpc) is 3.15. The fraction of sp³-hybridized carbons (Fsp3) is 0.417. The van der Waals surface area contributed by atoms with Gasteiger partial charge in [-0.05, 0) is 42.5 Å². The Morgan fingerprint density at radius 3 is 2.52 bits per heavy atom. The lowest BCUT2D eigenvalue weighted by molar-refractivity contribution is -0.120. The summed E-state index contributed by atoms with van der Waals surface area (Å²) in [6.07, 6.45) is 2.86. The molecule has 1 unspecified atom stereocenters. The van der Waals surface area contributed by atoms with Crippen molar-refractivity contribution in [1.82, 2.24) is 9.88 Å². The summed E-state index contributed by atoms with van der Waals surface area (Å²) in [6, 6.07) is 8.38. The van der Waals surface area contributed by atoms with Crippen LogP contribution >= 0.6 is 11.6 Å². The van der Waals surface area contributed by atoms with E-state index < -0.39 is 6.04 Å². The first-order chi connectivity index (χ1) is 15.8. The number of aromatic nitrogens is 1. The predicted molar refractivity (Wildman–Crippen MR) is 127 cm³/mol. The molecular formula is C24H26ClN5O3. The topological polar surface area (TPSA) is 89.3 Å². The second-order valence-corrected chi connectivity index (χ2v) is 9.54. The van der Waals surface area contributed by atoms with Crippen molar-refractivity contribution in [1.29, 1.82) is 0 Å². The molecule has 1 aromatic heterocycles. The molecule has 1 atom stereocenters. The van der Waals surface area contributed by atoms with Crippen molar-refractivity contribution in [3.05, 3.63) is 52.8 Å². The highest BCUT2D eigenvalue weighted by Gasteiger charge is 2.48. The van der Waals surface area contributed by atoms with Crippen molar-refractivity contribution in [2.45, 2.75) is 45.4 Å². The number of benzene rings is 1. The van der Waals surface area contributed by atoms with Gasteiger partial charge in [0.2, 0.25) is 0 Å². The lowest BCUT2D eigenvalue weighted by atomic mass is 10.0. The zero-order valence-corrected chi connectivity index (χ0v) is 19.4. The van der Waals surface area contributed by atoms with E-state index in [4.69, 9.17) is 11.6 Å². The molecule has 4 heterocycles. The summed E-state index contributed by atoms with van der Waals surface area (Å²) in [7, 11) is 0. The van der Waals surface area contributed by atoms with Crippen molar-refractivity contribution in [2.75, 3.05) is 22.9 Å². The minimum absolute atomic E-state index is 0.0827. The number of piperidine rings is 1. The van der Waals surface area contributed by atoms with Crippen LogP contribution in [-0.4, -0.2) is 58.0 Å². The summed E-state index contributed by atoms with van der Waals surface area (Å²) < 4.78 is 0. The molecule has 3 aliphatic heterocycles. The number of rotatable bonds is 4. The van der Waals surface area contributed by atoms with E-state index >= 15 is 0 Å². The van der Waals surface area contributed by atoms with E-state index in [1.54, 1.807) is 23.2 Å². The zero-order chi connectivity index (χ0) is 23.3. The normalized spacial score (nSPS) is 20.9. The zero-order valence-electron chi connectivity index (χ0n) is 18.6. The van der Waals surface area contributed by atoms with Crippen LogP contribution in [0.5, 0.6) is 0 Å². The molecule has 1 fully saturated rings. The largest absolute Gasteiger partial charge is 0.393 e. The first-order valence-corrected chi connectivity index (χ1v) is 11.6. The van der Waals surface area contributed by atoms with Crippen LogP contribution in [0, 0.1) is 5.92 Å². The molecule has 5 rings (SSSR count). The first kappa shape index (κ1) is 21.9. The number of amidine groups is 1. The maximum Gasteiger partial charge on any atom is 0.331 e. The molecule has 0 radical (unpaired) electrons. The highest BCUT2D eigenvalue weighted by molar-refractivity contribution is 6.30. The molecule has 1 N–H and O–H groups in total. The fourth-order valence-electron chi connectivity index (χ4n) is 4.70. The standard InChI is InChI=1S/C24H26ClN5O3/c1-14(2)21-23(32)27-22-20-19(11-17(12-26-20)28-9-7-18(31)8-10-28)29(24(33)30(21)22)13-15-3-5-16(25)6-4-15/h3-6,11-12,14,18,21,31H,7-10,13H2,1-2H3. The van der Waals surface area contributed by atoms with Gasteiger partial charge in [-0.25, -0.2) is 9.78 Å². The molecule has 1 saturated heterocycles. The third kappa shape index (κ3) is 3.87. The van der Waals surface area contributed by atoms with Crippen molar-refractivity contribution in [3.63, 3.8) is 0 Å². The Morgan fingerprint density at radius 1 is 1.15 bits per heavy atom. The van der Waals surface area contributed by atoms with E-state index in [2.05, 4.69) is 14.9 Å². The van der Waals surface area contributed by atoms with Crippen molar-refractivity contribution in [3.8, 4) is 0 Å². The number of aliphatic hydroxyl groups is 1. The van der Waals surface area contributed by atoms with E-state index in [0.717, 1.165) is 11.3 Å². The van der Waals surface area contributed by atoms with Crippen LogP contribution in [0.15, 0.2) is 41.5 Å². The molecule has 33 heavy (non-hydrogen) atoms. The smallest absolute Gasteiger partial charge is 0.331 e. The number of halogens is 1. The third-order valence-corrected chi connectivity index (χ3v) is 6.74. The van der Waals surface area contributed by atoms with Gasteiger partial charge in [0.05, 0.1) is 30.2 Å². The number of hydrogen-bond acceptors (Lipinski definition) is 5. The Labute approximate surface area is 197 Å². The molecule has 3 amide bonds. The Hall–Kier alpha value is -2.97. The van der Waals surface area contributed by atoms with E-state index in [9.17, 15) is 14.7 Å². The molecule has 0 spiro atoms. The number of anilines is 2. The number of urea groups is 1. The summed E-state index contributed by atoms with van der Waals surface area (Å²) in [4.78, 5) is 40.7. The number of carbonyl (C=O) groups is 2. The molecule has 9 heteroatoms. The molecule has 1 aromatic carbocycles. The average molecular weight is 468 g/mol. The number of carbonyl (C=O) groups excluding carboxylic acids is 2. The Kier molecular flexibility index (Phi) is 5.58. The molecular weight excluding hydrogens is 442 g/mol. The van der Waals surface area contributed by atoms with Gasteiger partial charge in [-0.2, -0.15) is 4.99 Å². The van der Waals surface area contributed by atoms with E-state index in [-0.39, 0.29) is 24.0 Å². The van der Waals surface area contributed by atoms with Gasteiger partial charge in [0, 0.05) is 18.1 Å². The second-order valence-electron chi connectivity index (χ2n) is 9.11. The number of fused-ring (bicyclic) bond motifs is 3. The lowest BCUT2D eigenvalue weighted by Gasteiger charge is -2.39. The van der Waals surface area contributed by atoms with Crippen molar-refractivity contribution < 1.29 is 14.7 Å². The number of aliphatic hydroxyl groups excluding tert-OH is 1. The minimum atomic E-state index is -0.640. The first-order valence-electron chi connectivity index (χ1n) is 11.2. The lowest BCUT2D eigenvalue weighted by Crippen LogP contribution is -2.55. The monoisotopic (exact) mass is 467 g/mol. The predicted octanol–water partition coefficient (Wildman–Crippen LogP) is 3.45. The highest BCUT2D eigenvalue weighted by Crippen LogP contribution is 2.37. The van der Waals surface area contributed by atoms with Crippen molar-refractivity contribution in [2.24, 2.45) is 10.9 Å². The van der Waals surface area contributed by atoms with Crippen LogP contribution in [0.3, 0.4) is 0 Å². The van der Waals surface area contributed by atoms with Gasteiger partial charge in [0.15, 0.2) is 5.84 Å². The molecule has 172 valence electrons. The number of aliphatic imine (C=N–C) groups is 1. The van der Waals surface area contributed by atoms with E-state index in [0.29, 0.717) is 54.7 Å². The van der Waals surface area contributed by atoms with Crippen LogP contribution in [0.25, 0.3) is 0 Å². The van der Waals surface area contributed by atoms with Crippen LogP contribution in [0.2, 0.25) is 5.02 Å². The fourth-order valence-corrected chi connectivity index (χ4v) is 4.83.